The van der Waals surface area contributed by atoms with Crippen LogP contribution in [0.15, 0.2) is 164 Å². The number of benzene rings is 8. The highest BCUT2D eigenvalue weighted by Gasteiger charge is 2.26. The Balaban J connectivity index is 1.31. The summed E-state index contributed by atoms with van der Waals surface area (Å²) in [5.74, 6) is 0.649. The summed E-state index contributed by atoms with van der Waals surface area (Å²) in [4.78, 5) is 11.2. The van der Waals surface area contributed by atoms with Gasteiger partial charge in [-0.25, -0.2) is 9.97 Å². The summed E-state index contributed by atoms with van der Waals surface area (Å²) in [5, 5.41) is 13.1. The molecule has 8 aromatic carbocycles. The zero-order valence-corrected chi connectivity index (χ0v) is 30.1. The Hall–Kier alpha value is -7.30. The van der Waals surface area contributed by atoms with Crippen molar-refractivity contribution in [2.24, 2.45) is 0 Å². The third-order valence-corrected chi connectivity index (χ3v) is 11.7. The lowest BCUT2D eigenvalue weighted by Gasteiger charge is -2.15. The van der Waals surface area contributed by atoms with Crippen LogP contribution in [0.4, 0.5) is 0 Å². The molecule has 12 rings (SSSR count). The highest BCUT2D eigenvalue weighted by atomic mass is 15.2. The van der Waals surface area contributed by atoms with Gasteiger partial charge < -0.3 is 4.40 Å². The molecule has 0 aliphatic carbocycles. The van der Waals surface area contributed by atoms with Crippen LogP contribution in [0.25, 0.3) is 116 Å². The Morgan fingerprint density at radius 1 is 0.527 bits per heavy atom. The molecule has 0 bridgehead atoms. The molecule has 12 aromatic rings. The first-order chi connectivity index (χ1) is 27.2. The molecule has 256 valence electrons. The minimum atomic E-state index is 0.649. The van der Waals surface area contributed by atoms with E-state index in [1.165, 1.54) is 70.6 Å². The van der Waals surface area contributed by atoms with Crippen LogP contribution in [0.2, 0.25) is 0 Å². The summed E-state index contributed by atoms with van der Waals surface area (Å²) in [7, 11) is 0. The number of hydrogen-bond acceptors (Lipinski definition) is 2. The molecule has 55 heavy (non-hydrogen) atoms. The number of rotatable bonds is 4. The normalized spacial score (nSPS) is 12.5. The van der Waals surface area contributed by atoms with Gasteiger partial charge in [-0.1, -0.05) is 128 Å². The molecule has 0 N–H and O–H groups in total. The van der Waals surface area contributed by atoms with Gasteiger partial charge in [0.2, 0.25) is 5.95 Å². The molecule has 4 heteroatoms. The van der Waals surface area contributed by atoms with Crippen molar-refractivity contribution in [3.8, 4) is 17.2 Å². The highest BCUT2D eigenvalue weighted by Crippen LogP contribution is 2.47. The van der Waals surface area contributed by atoms with Gasteiger partial charge in [0.25, 0.3) is 0 Å². The lowest BCUT2D eigenvalue weighted by atomic mass is 9.98. The second-order valence-corrected chi connectivity index (χ2v) is 14.7. The van der Waals surface area contributed by atoms with Gasteiger partial charge >= 0.3 is 0 Å². The molecule has 0 aliphatic rings. The number of aryl methyl sites for hydroxylation is 1. The highest BCUT2D eigenvalue weighted by molar-refractivity contribution is 6.34. The number of nitrogens with zero attached hydrogens (tertiary/aromatic N) is 4. The van der Waals surface area contributed by atoms with E-state index in [-0.39, 0.29) is 0 Å². The van der Waals surface area contributed by atoms with E-state index in [1.807, 2.05) is 12.2 Å². The minimum Gasteiger partial charge on any atom is -0.308 e. The number of allylic oxidation sites excluding steroid dienone is 2. The van der Waals surface area contributed by atoms with Gasteiger partial charge in [0.15, 0.2) is 0 Å². The maximum Gasteiger partial charge on any atom is 0.235 e. The SMILES string of the molecule is C=C/C=C\c1cc2c(cc1C)c1cc3c4ccccc4n4c5ccccc5c(c1n2-c1nc(-c2ccc5ccccc5c2)c2c(ccc5ccccc52)n1)c34. The molecular formula is C51H32N4. The first kappa shape index (κ1) is 30.2. The summed E-state index contributed by atoms with van der Waals surface area (Å²) in [6.07, 6.45) is 5.99. The maximum atomic E-state index is 5.67. The Bertz CT molecular complexity index is 3630. The van der Waals surface area contributed by atoms with Crippen LogP contribution in [0.3, 0.4) is 0 Å². The van der Waals surface area contributed by atoms with Crippen LogP contribution >= 0.6 is 0 Å². The van der Waals surface area contributed by atoms with Crippen molar-refractivity contribution in [1.29, 1.82) is 0 Å². The number of hydrogen-bond donors (Lipinski definition) is 0. The number of fused-ring (bicyclic) bond motifs is 14. The second-order valence-electron chi connectivity index (χ2n) is 14.7. The van der Waals surface area contributed by atoms with Crippen molar-refractivity contribution >= 4 is 98.4 Å². The third-order valence-electron chi connectivity index (χ3n) is 11.7. The quantitative estimate of drug-likeness (QED) is 0.135. The van der Waals surface area contributed by atoms with E-state index in [0.29, 0.717) is 5.95 Å². The maximum absolute atomic E-state index is 5.67. The van der Waals surface area contributed by atoms with E-state index in [0.717, 1.165) is 44.1 Å². The van der Waals surface area contributed by atoms with Crippen molar-refractivity contribution in [3.63, 3.8) is 0 Å². The summed E-state index contributed by atoms with van der Waals surface area (Å²) >= 11 is 0. The lowest BCUT2D eigenvalue weighted by Crippen LogP contribution is -2.04. The molecule has 0 saturated carbocycles. The molecule has 0 aliphatic heterocycles. The molecule has 0 radical (unpaired) electrons. The Labute approximate surface area is 315 Å². The van der Waals surface area contributed by atoms with Gasteiger partial charge in [-0.15, -0.1) is 0 Å². The van der Waals surface area contributed by atoms with E-state index < -0.39 is 0 Å². The Morgan fingerprint density at radius 2 is 1.22 bits per heavy atom. The van der Waals surface area contributed by atoms with Crippen molar-refractivity contribution in [1.82, 2.24) is 18.9 Å². The Morgan fingerprint density at radius 3 is 2.05 bits per heavy atom. The van der Waals surface area contributed by atoms with E-state index in [4.69, 9.17) is 9.97 Å². The Kier molecular flexibility index (Phi) is 6.10. The fourth-order valence-electron chi connectivity index (χ4n) is 9.27. The van der Waals surface area contributed by atoms with E-state index in [9.17, 15) is 0 Å². The first-order valence-corrected chi connectivity index (χ1v) is 18.8. The third kappa shape index (κ3) is 4.11. The first-order valence-electron chi connectivity index (χ1n) is 18.8. The summed E-state index contributed by atoms with van der Waals surface area (Å²) in [5.41, 5.74) is 11.0. The monoisotopic (exact) mass is 700 g/mol. The molecule has 0 amide bonds. The number of para-hydroxylation sites is 2. The summed E-state index contributed by atoms with van der Waals surface area (Å²) in [6, 6.07) is 52.8. The van der Waals surface area contributed by atoms with Crippen molar-refractivity contribution in [3.05, 3.63) is 175 Å². The number of aromatic nitrogens is 4. The van der Waals surface area contributed by atoms with Gasteiger partial charge in [0.1, 0.15) is 0 Å². The smallest absolute Gasteiger partial charge is 0.235 e. The fraction of sp³-hybridized carbons (Fsp3) is 0.0196. The molecule has 0 saturated heterocycles. The molecule has 0 spiro atoms. The van der Waals surface area contributed by atoms with Crippen molar-refractivity contribution in [2.75, 3.05) is 0 Å². The topological polar surface area (TPSA) is 35.1 Å². The zero-order chi connectivity index (χ0) is 36.4. The van der Waals surface area contributed by atoms with E-state index >= 15 is 0 Å². The van der Waals surface area contributed by atoms with Crippen LogP contribution in [0, 0.1) is 6.92 Å². The molecule has 0 atom stereocenters. The zero-order valence-electron chi connectivity index (χ0n) is 30.1. The molecule has 0 fully saturated rings. The predicted octanol–water partition coefficient (Wildman–Crippen LogP) is 13.4. The predicted molar refractivity (Wildman–Crippen MR) is 233 cm³/mol. The largest absolute Gasteiger partial charge is 0.308 e. The van der Waals surface area contributed by atoms with Crippen LogP contribution in [0.1, 0.15) is 11.1 Å². The van der Waals surface area contributed by atoms with E-state index in [1.54, 1.807) is 0 Å². The minimum absolute atomic E-state index is 0.649. The standard InChI is InChI=1S/C51H32N4/c1-3-4-13-33-28-45-39(26-30(33)2)41-29-40-37-18-9-11-20-43(37)54-44-21-12-10-19-38(44)47(49(40)54)50(41)55(45)51-52-42-25-24-32-15-7-8-17-36(32)46(42)48(53-51)35-23-22-31-14-5-6-16-34(31)27-35/h3-29H,1H2,2H3/b13-4-. The van der Waals surface area contributed by atoms with Crippen molar-refractivity contribution < 1.29 is 0 Å². The van der Waals surface area contributed by atoms with Crippen molar-refractivity contribution in [2.45, 2.75) is 6.92 Å². The lowest BCUT2D eigenvalue weighted by molar-refractivity contribution is 1.02. The average Bonchev–Trinajstić information content (AvgIpc) is 3.86. The molecule has 4 aromatic heterocycles. The van der Waals surface area contributed by atoms with Gasteiger partial charge in [-0.05, 0) is 82.1 Å². The average molecular weight is 701 g/mol. The van der Waals surface area contributed by atoms with Crippen LogP contribution in [-0.2, 0) is 0 Å². The second kappa shape index (κ2) is 11.1. The summed E-state index contributed by atoms with van der Waals surface area (Å²) in [6.45, 7) is 6.16. The molecule has 4 heterocycles. The molecule has 4 nitrogen and oxygen atoms in total. The van der Waals surface area contributed by atoms with Crippen LogP contribution in [-0.4, -0.2) is 18.9 Å². The van der Waals surface area contributed by atoms with Gasteiger partial charge in [0.05, 0.1) is 38.8 Å². The van der Waals surface area contributed by atoms with E-state index in [2.05, 4.69) is 174 Å². The fourth-order valence-corrected chi connectivity index (χ4v) is 9.27. The van der Waals surface area contributed by atoms with Crippen LogP contribution < -0.4 is 0 Å². The molecular weight excluding hydrogens is 669 g/mol. The molecule has 0 unspecified atom stereocenters. The van der Waals surface area contributed by atoms with Gasteiger partial charge in [0, 0.05) is 43.3 Å². The van der Waals surface area contributed by atoms with Gasteiger partial charge in [-0.2, -0.15) is 0 Å². The summed E-state index contributed by atoms with van der Waals surface area (Å²) < 4.78 is 4.79. The van der Waals surface area contributed by atoms with Crippen LogP contribution in [0.5, 0.6) is 0 Å². The van der Waals surface area contributed by atoms with Gasteiger partial charge in [-0.3, -0.25) is 4.57 Å².